The SMILES string of the molecule is C/C=C\C=C(/C)C(O)(COC1CN2CCC1CC2)c1ccccc1. The van der Waals surface area contributed by atoms with Gasteiger partial charge in [0.05, 0.1) is 12.7 Å². The highest BCUT2D eigenvalue weighted by Crippen LogP contribution is 2.34. The zero-order chi connectivity index (χ0) is 17.0. The van der Waals surface area contributed by atoms with Gasteiger partial charge in [-0.3, -0.25) is 0 Å². The van der Waals surface area contributed by atoms with Crippen LogP contribution in [0.15, 0.2) is 54.1 Å². The molecule has 3 aliphatic heterocycles. The standard InChI is InChI=1S/C21H29NO2/c1-3-4-8-17(2)21(23,19-9-6-5-7-10-19)16-24-20-15-22-13-11-18(20)12-14-22/h3-10,18,20,23H,11-16H2,1-2H3/b4-3-,17-8+. The third-order valence-corrected chi connectivity index (χ3v) is 5.54. The Labute approximate surface area is 145 Å². The molecule has 3 fully saturated rings. The highest BCUT2D eigenvalue weighted by Gasteiger charge is 2.38. The first-order valence-corrected chi connectivity index (χ1v) is 9.05. The van der Waals surface area contributed by atoms with Crippen molar-refractivity contribution in [3.63, 3.8) is 0 Å². The van der Waals surface area contributed by atoms with Crippen LogP contribution in [0.2, 0.25) is 0 Å². The van der Waals surface area contributed by atoms with Crippen LogP contribution in [-0.4, -0.2) is 42.4 Å². The van der Waals surface area contributed by atoms with E-state index in [-0.39, 0.29) is 6.10 Å². The van der Waals surface area contributed by atoms with Crippen LogP contribution in [0.3, 0.4) is 0 Å². The molecule has 2 bridgehead atoms. The lowest BCUT2D eigenvalue weighted by atomic mass is 9.84. The maximum Gasteiger partial charge on any atom is 0.134 e. The number of nitrogens with zero attached hydrogens (tertiary/aromatic N) is 1. The van der Waals surface area contributed by atoms with Crippen molar-refractivity contribution >= 4 is 0 Å². The molecule has 3 heteroatoms. The molecule has 0 radical (unpaired) electrons. The first-order valence-electron chi connectivity index (χ1n) is 9.05. The van der Waals surface area contributed by atoms with Crippen molar-refractivity contribution in [3.05, 3.63) is 59.7 Å². The van der Waals surface area contributed by atoms with Crippen molar-refractivity contribution in [2.45, 2.75) is 38.4 Å². The van der Waals surface area contributed by atoms with Crippen molar-refractivity contribution in [1.82, 2.24) is 4.90 Å². The summed E-state index contributed by atoms with van der Waals surface area (Å²) in [5, 5.41) is 11.4. The maximum absolute atomic E-state index is 11.4. The van der Waals surface area contributed by atoms with Crippen LogP contribution >= 0.6 is 0 Å². The molecule has 0 aliphatic carbocycles. The molecule has 0 spiro atoms. The third-order valence-electron chi connectivity index (χ3n) is 5.54. The van der Waals surface area contributed by atoms with Gasteiger partial charge in [0, 0.05) is 6.54 Å². The largest absolute Gasteiger partial charge is 0.378 e. The van der Waals surface area contributed by atoms with E-state index in [2.05, 4.69) is 4.90 Å². The van der Waals surface area contributed by atoms with Gasteiger partial charge in [-0.1, -0.05) is 48.6 Å². The van der Waals surface area contributed by atoms with E-state index < -0.39 is 5.60 Å². The van der Waals surface area contributed by atoms with Gasteiger partial charge in [0.1, 0.15) is 5.60 Å². The molecule has 2 atom stereocenters. The minimum absolute atomic E-state index is 0.247. The molecule has 0 saturated carbocycles. The van der Waals surface area contributed by atoms with Crippen LogP contribution in [0.25, 0.3) is 0 Å². The fraction of sp³-hybridized carbons (Fsp3) is 0.524. The molecule has 0 amide bonds. The highest BCUT2D eigenvalue weighted by molar-refractivity contribution is 5.33. The molecule has 3 aliphatic rings. The smallest absolute Gasteiger partial charge is 0.134 e. The van der Waals surface area contributed by atoms with Crippen LogP contribution in [0.4, 0.5) is 0 Å². The highest BCUT2D eigenvalue weighted by atomic mass is 16.5. The maximum atomic E-state index is 11.4. The molecule has 130 valence electrons. The third kappa shape index (κ3) is 3.64. The van der Waals surface area contributed by atoms with E-state index in [0.29, 0.717) is 12.5 Å². The summed E-state index contributed by atoms with van der Waals surface area (Å²) in [6.07, 6.45) is 8.62. The van der Waals surface area contributed by atoms with E-state index in [1.165, 1.54) is 25.9 Å². The summed E-state index contributed by atoms with van der Waals surface area (Å²) < 4.78 is 6.28. The first-order chi connectivity index (χ1) is 11.6. The lowest BCUT2D eigenvalue weighted by molar-refractivity contribution is -0.113. The van der Waals surface area contributed by atoms with Gasteiger partial charge in [-0.25, -0.2) is 0 Å². The van der Waals surface area contributed by atoms with Crippen LogP contribution in [-0.2, 0) is 10.3 Å². The van der Waals surface area contributed by atoms with Crippen molar-refractivity contribution in [2.75, 3.05) is 26.2 Å². The topological polar surface area (TPSA) is 32.7 Å². The quantitative estimate of drug-likeness (QED) is 0.812. The minimum atomic E-state index is -1.08. The zero-order valence-corrected chi connectivity index (χ0v) is 14.8. The van der Waals surface area contributed by atoms with Crippen molar-refractivity contribution in [1.29, 1.82) is 0 Å². The van der Waals surface area contributed by atoms with Crippen LogP contribution in [0, 0.1) is 5.92 Å². The lowest BCUT2D eigenvalue weighted by Crippen LogP contribution is -2.52. The van der Waals surface area contributed by atoms with E-state index in [0.717, 1.165) is 17.7 Å². The van der Waals surface area contributed by atoms with Crippen LogP contribution in [0.1, 0.15) is 32.3 Å². The monoisotopic (exact) mass is 327 g/mol. The fourth-order valence-corrected chi connectivity index (χ4v) is 3.84. The summed E-state index contributed by atoms with van der Waals surface area (Å²) in [4.78, 5) is 2.48. The van der Waals surface area contributed by atoms with E-state index in [1.807, 2.05) is 62.4 Å². The van der Waals surface area contributed by atoms with Gasteiger partial charge in [-0.15, -0.1) is 0 Å². The molecular weight excluding hydrogens is 298 g/mol. The van der Waals surface area contributed by atoms with Gasteiger partial charge < -0.3 is 14.7 Å². The first kappa shape index (κ1) is 17.4. The molecule has 3 saturated heterocycles. The van der Waals surface area contributed by atoms with E-state index in [4.69, 9.17) is 4.74 Å². The number of hydrogen-bond donors (Lipinski definition) is 1. The number of allylic oxidation sites excluding steroid dienone is 3. The average molecular weight is 327 g/mol. The second-order valence-electron chi connectivity index (χ2n) is 7.09. The second-order valence-corrected chi connectivity index (χ2v) is 7.09. The molecule has 1 N–H and O–H groups in total. The Morgan fingerprint density at radius 3 is 2.58 bits per heavy atom. The molecular formula is C21H29NO2. The van der Waals surface area contributed by atoms with Gasteiger partial charge in [0.15, 0.2) is 0 Å². The average Bonchev–Trinajstić information content (AvgIpc) is 2.65. The van der Waals surface area contributed by atoms with Crippen molar-refractivity contribution in [2.24, 2.45) is 5.92 Å². The summed E-state index contributed by atoms with van der Waals surface area (Å²) in [7, 11) is 0. The number of aliphatic hydroxyl groups is 1. The predicted molar refractivity (Wildman–Crippen MR) is 97.8 cm³/mol. The number of fused-ring (bicyclic) bond motifs is 3. The molecule has 3 nitrogen and oxygen atoms in total. The summed E-state index contributed by atoms with van der Waals surface area (Å²) >= 11 is 0. The number of hydrogen-bond acceptors (Lipinski definition) is 3. The van der Waals surface area contributed by atoms with E-state index in [9.17, 15) is 5.11 Å². The summed E-state index contributed by atoms with van der Waals surface area (Å²) in [6, 6.07) is 9.87. The van der Waals surface area contributed by atoms with Crippen LogP contribution < -0.4 is 0 Å². The predicted octanol–water partition coefficient (Wildman–Crippen LogP) is 3.51. The zero-order valence-electron chi connectivity index (χ0n) is 14.8. The number of rotatable bonds is 6. The molecule has 3 heterocycles. The summed E-state index contributed by atoms with van der Waals surface area (Å²) in [5.74, 6) is 0.648. The number of benzene rings is 1. The molecule has 0 aromatic heterocycles. The second kappa shape index (κ2) is 7.64. The molecule has 4 rings (SSSR count). The Morgan fingerprint density at radius 1 is 1.29 bits per heavy atom. The van der Waals surface area contributed by atoms with Crippen molar-refractivity contribution in [3.8, 4) is 0 Å². The minimum Gasteiger partial charge on any atom is -0.378 e. The van der Waals surface area contributed by atoms with E-state index in [1.54, 1.807) is 0 Å². The Morgan fingerprint density at radius 2 is 2.00 bits per heavy atom. The van der Waals surface area contributed by atoms with Crippen molar-refractivity contribution < 1.29 is 9.84 Å². The van der Waals surface area contributed by atoms with Gasteiger partial charge in [0.25, 0.3) is 0 Å². The Kier molecular flexibility index (Phi) is 5.54. The molecule has 1 aromatic carbocycles. The summed E-state index contributed by atoms with van der Waals surface area (Å²) in [6.45, 7) is 7.68. The molecule has 24 heavy (non-hydrogen) atoms. The van der Waals surface area contributed by atoms with Gasteiger partial charge in [-0.2, -0.15) is 0 Å². The number of ether oxygens (including phenoxy) is 1. The van der Waals surface area contributed by atoms with E-state index >= 15 is 0 Å². The lowest BCUT2D eigenvalue weighted by Gasteiger charge is -2.45. The van der Waals surface area contributed by atoms with Gasteiger partial charge >= 0.3 is 0 Å². The molecule has 2 unspecified atom stereocenters. The molecule has 1 aromatic rings. The summed E-state index contributed by atoms with van der Waals surface area (Å²) in [5.41, 5.74) is 0.727. The fourth-order valence-electron chi connectivity index (χ4n) is 3.84. The van der Waals surface area contributed by atoms with Gasteiger partial charge in [0.2, 0.25) is 0 Å². The Hall–Kier alpha value is -1.42. The number of piperidine rings is 3. The van der Waals surface area contributed by atoms with Gasteiger partial charge in [-0.05, 0) is 56.8 Å². The van der Waals surface area contributed by atoms with Crippen LogP contribution in [0.5, 0.6) is 0 Å². The Balaban J connectivity index is 1.77. The normalized spacial score (nSPS) is 29.8. The Bertz CT molecular complexity index is 587.